The lowest BCUT2D eigenvalue weighted by Crippen LogP contribution is -2.45. The summed E-state index contributed by atoms with van der Waals surface area (Å²) in [6.45, 7) is 5.52. The van der Waals surface area contributed by atoms with Gasteiger partial charge in [-0.15, -0.1) is 0 Å². The van der Waals surface area contributed by atoms with Crippen molar-refractivity contribution in [3.05, 3.63) is 35.4 Å². The topological polar surface area (TPSA) is 35.2 Å². The zero-order chi connectivity index (χ0) is 14.9. The van der Waals surface area contributed by atoms with Crippen LogP contribution in [0.1, 0.15) is 63.2 Å². The Morgan fingerprint density at radius 2 is 1.95 bits per heavy atom. The van der Waals surface area contributed by atoms with Gasteiger partial charge in [0.1, 0.15) is 0 Å². The first-order valence-corrected chi connectivity index (χ1v) is 8.56. The summed E-state index contributed by atoms with van der Waals surface area (Å²) < 4.78 is 6.07. The van der Waals surface area contributed by atoms with Crippen molar-refractivity contribution in [3.8, 4) is 0 Å². The van der Waals surface area contributed by atoms with E-state index in [0.29, 0.717) is 0 Å². The molecule has 0 bridgehead atoms. The highest BCUT2D eigenvalue weighted by atomic mass is 16.5. The van der Waals surface area contributed by atoms with Gasteiger partial charge in [0.05, 0.1) is 12.7 Å². The Morgan fingerprint density at radius 1 is 1.24 bits per heavy atom. The van der Waals surface area contributed by atoms with Crippen LogP contribution < -0.4 is 5.73 Å². The van der Waals surface area contributed by atoms with Crippen LogP contribution in [0.3, 0.4) is 0 Å². The lowest BCUT2D eigenvalue weighted by Gasteiger charge is -2.41. The summed E-state index contributed by atoms with van der Waals surface area (Å²) in [4.78, 5) is 0. The SMILES string of the molecule is CC(C)C1CCC(N)(CC2OCCc3ccccc32)CC1. The number of benzene rings is 1. The van der Waals surface area contributed by atoms with Gasteiger partial charge in [0, 0.05) is 5.54 Å². The van der Waals surface area contributed by atoms with E-state index in [4.69, 9.17) is 10.5 Å². The summed E-state index contributed by atoms with van der Waals surface area (Å²) in [6.07, 6.45) is 7.09. The van der Waals surface area contributed by atoms with Crippen LogP contribution in [0.2, 0.25) is 0 Å². The van der Waals surface area contributed by atoms with Gasteiger partial charge in [0.15, 0.2) is 0 Å². The molecule has 3 rings (SSSR count). The highest BCUT2D eigenvalue weighted by Crippen LogP contribution is 2.41. The van der Waals surface area contributed by atoms with E-state index < -0.39 is 0 Å². The number of nitrogens with two attached hydrogens (primary N) is 1. The lowest BCUT2D eigenvalue weighted by atomic mass is 9.70. The Bertz CT molecular complexity index is 474. The van der Waals surface area contributed by atoms with Gasteiger partial charge in [0.25, 0.3) is 0 Å². The van der Waals surface area contributed by atoms with Crippen molar-refractivity contribution >= 4 is 0 Å². The van der Waals surface area contributed by atoms with Gasteiger partial charge in [-0.1, -0.05) is 38.1 Å². The summed E-state index contributed by atoms with van der Waals surface area (Å²) in [5, 5.41) is 0. The molecular weight excluding hydrogens is 258 g/mol. The van der Waals surface area contributed by atoms with Crippen molar-refractivity contribution in [1.82, 2.24) is 0 Å². The van der Waals surface area contributed by atoms with Crippen molar-refractivity contribution in [2.45, 2.75) is 64.0 Å². The standard InChI is InChI=1S/C19H29NO/c1-14(2)15-7-10-19(20,11-8-15)13-18-17-6-4-3-5-16(17)9-12-21-18/h3-6,14-15,18H,7-13,20H2,1-2H3. The number of hydrogen-bond acceptors (Lipinski definition) is 2. The fourth-order valence-corrected chi connectivity index (χ4v) is 4.10. The molecule has 2 nitrogen and oxygen atoms in total. The predicted molar refractivity (Wildman–Crippen MR) is 87.2 cm³/mol. The molecule has 1 heterocycles. The molecular formula is C19H29NO. The van der Waals surface area contributed by atoms with E-state index in [1.165, 1.54) is 24.0 Å². The fourth-order valence-electron chi connectivity index (χ4n) is 4.10. The van der Waals surface area contributed by atoms with E-state index in [-0.39, 0.29) is 11.6 Å². The Balaban J connectivity index is 1.67. The molecule has 0 spiro atoms. The molecule has 2 aliphatic rings. The predicted octanol–water partition coefficient (Wildman–Crippen LogP) is 4.23. The van der Waals surface area contributed by atoms with Crippen LogP contribution >= 0.6 is 0 Å². The zero-order valence-corrected chi connectivity index (χ0v) is 13.5. The molecule has 1 aromatic rings. The highest BCUT2D eigenvalue weighted by molar-refractivity contribution is 5.31. The molecule has 116 valence electrons. The van der Waals surface area contributed by atoms with Gasteiger partial charge in [-0.3, -0.25) is 0 Å². The molecule has 1 aliphatic carbocycles. The van der Waals surface area contributed by atoms with E-state index in [1.807, 2.05) is 0 Å². The van der Waals surface area contributed by atoms with Gasteiger partial charge in [0.2, 0.25) is 0 Å². The smallest absolute Gasteiger partial charge is 0.0845 e. The first kappa shape index (κ1) is 15.1. The van der Waals surface area contributed by atoms with Crippen molar-refractivity contribution in [3.63, 3.8) is 0 Å². The minimum Gasteiger partial charge on any atom is -0.373 e. The summed E-state index contributed by atoms with van der Waals surface area (Å²) in [7, 11) is 0. The maximum atomic E-state index is 6.73. The molecule has 1 aromatic carbocycles. The second kappa shape index (κ2) is 6.10. The fraction of sp³-hybridized carbons (Fsp3) is 0.684. The third kappa shape index (κ3) is 3.32. The van der Waals surface area contributed by atoms with E-state index in [0.717, 1.165) is 44.1 Å². The molecule has 21 heavy (non-hydrogen) atoms. The van der Waals surface area contributed by atoms with Gasteiger partial charge in [-0.2, -0.15) is 0 Å². The highest BCUT2D eigenvalue weighted by Gasteiger charge is 2.36. The molecule has 2 N–H and O–H groups in total. The average molecular weight is 287 g/mol. The minimum atomic E-state index is -0.0273. The normalized spacial score (nSPS) is 33.0. The molecule has 0 amide bonds. The van der Waals surface area contributed by atoms with E-state index in [2.05, 4.69) is 38.1 Å². The molecule has 1 aliphatic heterocycles. The molecule has 0 aromatic heterocycles. The van der Waals surface area contributed by atoms with Crippen LogP contribution in [0.4, 0.5) is 0 Å². The van der Waals surface area contributed by atoms with Gasteiger partial charge in [-0.25, -0.2) is 0 Å². The van der Waals surface area contributed by atoms with Crippen LogP contribution in [0.15, 0.2) is 24.3 Å². The van der Waals surface area contributed by atoms with Crippen molar-refractivity contribution in [2.75, 3.05) is 6.61 Å². The molecule has 2 heteroatoms. The quantitative estimate of drug-likeness (QED) is 0.902. The Morgan fingerprint density at radius 3 is 2.67 bits per heavy atom. The van der Waals surface area contributed by atoms with Gasteiger partial charge < -0.3 is 10.5 Å². The van der Waals surface area contributed by atoms with E-state index in [9.17, 15) is 0 Å². The summed E-state index contributed by atoms with van der Waals surface area (Å²) in [6, 6.07) is 8.72. The molecule has 0 saturated heterocycles. The van der Waals surface area contributed by atoms with Gasteiger partial charge in [-0.05, 0) is 61.5 Å². The third-order valence-corrected chi connectivity index (χ3v) is 5.65. The molecule has 1 unspecified atom stereocenters. The third-order valence-electron chi connectivity index (χ3n) is 5.65. The Labute approximate surface area is 129 Å². The second-order valence-electron chi connectivity index (χ2n) is 7.46. The van der Waals surface area contributed by atoms with Crippen LogP contribution in [0, 0.1) is 11.8 Å². The summed E-state index contributed by atoms with van der Waals surface area (Å²) in [5.74, 6) is 1.66. The average Bonchev–Trinajstić information content (AvgIpc) is 2.48. The number of rotatable bonds is 3. The first-order valence-electron chi connectivity index (χ1n) is 8.56. The number of ether oxygens (including phenoxy) is 1. The molecule has 1 fully saturated rings. The monoisotopic (exact) mass is 287 g/mol. The van der Waals surface area contributed by atoms with E-state index >= 15 is 0 Å². The first-order chi connectivity index (χ1) is 10.1. The minimum absolute atomic E-state index is 0.0273. The lowest BCUT2D eigenvalue weighted by molar-refractivity contribution is 0.0116. The summed E-state index contributed by atoms with van der Waals surface area (Å²) in [5.41, 5.74) is 9.53. The Hall–Kier alpha value is -0.860. The maximum absolute atomic E-state index is 6.73. The van der Waals surface area contributed by atoms with Crippen LogP contribution in [0.25, 0.3) is 0 Å². The van der Waals surface area contributed by atoms with Crippen LogP contribution in [-0.4, -0.2) is 12.1 Å². The Kier molecular flexibility index (Phi) is 4.37. The zero-order valence-electron chi connectivity index (χ0n) is 13.5. The number of fused-ring (bicyclic) bond motifs is 1. The van der Waals surface area contributed by atoms with Crippen molar-refractivity contribution < 1.29 is 4.74 Å². The van der Waals surface area contributed by atoms with Crippen molar-refractivity contribution in [2.24, 2.45) is 17.6 Å². The van der Waals surface area contributed by atoms with Crippen LogP contribution in [-0.2, 0) is 11.2 Å². The van der Waals surface area contributed by atoms with Gasteiger partial charge >= 0.3 is 0 Å². The number of hydrogen-bond donors (Lipinski definition) is 1. The second-order valence-corrected chi connectivity index (χ2v) is 7.46. The van der Waals surface area contributed by atoms with Crippen LogP contribution in [0.5, 0.6) is 0 Å². The van der Waals surface area contributed by atoms with Crippen molar-refractivity contribution in [1.29, 1.82) is 0 Å². The summed E-state index contributed by atoms with van der Waals surface area (Å²) >= 11 is 0. The maximum Gasteiger partial charge on any atom is 0.0845 e. The molecule has 1 saturated carbocycles. The van der Waals surface area contributed by atoms with E-state index in [1.54, 1.807) is 0 Å². The molecule has 1 atom stereocenters. The largest absolute Gasteiger partial charge is 0.373 e. The molecule has 0 radical (unpaired) electrons.